The lowest BCUT2D eigenvalue weighted by Crippen LogP contribution is -2.30. The molecule has 8 nitrogen and oxygen atoms in total. The molecule has 3 heterocycles. The van der Waals surface area contributed by atoms with Crippen LogP contribution >= 0.6 is 15.9 Å². The van der Waals surface area contributed by atoms with Gasteiger partial charge in [-0.2, -0.15) is 4.98 Å². The highest BCUT2D eigenvalue weighted by atomic mass is 79.9. The van der Waals surface area contributed by atoms with E-state index in [2.05, 4.69) is 82.1 Å². The van der Waals surface area contributed by atoms with Crippen LogP contribution in [0.2, 0.25) is 0 Å². The normalized spacial score (nSPS) is 13.1. The summed E-state index contributed by atoms with van der Waals surface area (Å²) in [6.07, 6.45) is 6.39. The van der Waals surface area contributed by atoms with Crippen LogP contribution in [0.15, 0.2) is 77.7 Å². The van der Waals surface area contributed by atoms with Crippen LogP contribution in [0.4, 0.5) is 23.1 Å². The van der Waals surface area contributed by atoms with Gasteiger partial charge in [-0.15, -0.1) is 0 Å². The Morgan fingerprint density at radius 1 is 1.06 bits per heavy atom. The lowest BCUT2D eigenvalue weighted by Gasteiger charge is -2.29. The zero-order valence-electron chi connectivity index (χ0n) is 19.8. The maximum atomic E-state index is 12.2. The fourth-order valence-corrected chi connectivity index (χ4v) is 4.56. The van der Waals surface area contributed by atoms with Crippen LogP contribution in [0.25, 0.3) is 0 Å². The second-order valence-corrected chi connectivity index (χ2v) is 9.42. The molecule has 4 aromatic rings. The van der Waals surface area contributed by atoms with E-state index in [4.69, 9.17) is 0 Å². The largest absolute Gasteiger partial charge is 0.355 e. The standard InChI is InChI=1S/C27H26BrN7O/c1-29-26(36)22-4-2-3-5-24(22)33-25-23(28)15-31-27(34-25)32-21-7-6-19-10-13-35(17-20(19)14-21)16-18-8-11-30-12-9-18/h2-9,11-12,14-15H,10,13,16-17H2,1H3,(H,29,36)(H2,31,32,33,34). The number of amides is 1. The van der Waals surface area contributed by atoms with Gasteiger partial charge in [0.15, 0.2) is 0 Å². The molecular weight excluding hydrogens is 518 g/mol. The van der Waals surface area contributed by atoms with Crippen molar-refractivity contribution in [2.45, 2.75) is 19.5 Å². The zero-order chi connectivity index (χ0) is 24.9. The Bertz CT molecular complexity index is 1380. The topological polar surface area (TPSA) is 95.1 Å². The fourth-order valence-electron chi connectivity index (χ4n) is 4.27. The number of fused-ring (bicyclic) bond motifs is 1. The first kappa shape index (κ1) is 23.9. The molecule has 0 atom stereocenters. The molecule has 0 aliphatic carbocycles. The number of carbonyl (C=O) groups excluding carboxylic acids is 1. The van der Waals surface area contributed by atoms with Gasteiger partial charge in [0.1, 0.15) is 5.82 Å². The first-order chi connectivity index (χ1) is 17.6. The van der Waals surface area contributed by atoms with Crippen molar-refractivity contribution in [3.63, 3.8) is 0 Å². The molecule has 36 heavy (non-hydrogen) atoms. The first-order valence-corrected chi connectivity index (χ1v) is 12.5. The molecule has 0 spiro atoms. The summed E-state index contributed by atoms with van der Waals surface area (Å²) >= 11 is 3.51. The van der Waals surface area contributed by atoms with E-state index in [1.807, 2.05) is 30.6 Å². The van der Waals surface area contributed by atoms with E-state index >= 15 is 0 Å². The van der Waals surface area contributed by atoms with Crippen molar-refractivity contribution in [1.29, 1.82) is 0 Å². The Balaban J connectivity index is 1.32. The van der Waals surface area contributed by atoms with E-state index in [0.29, 0.717) is 27.5 Å². The van der Waals surface area contributed by atoms with Crippen molar-refractivity contribution < 1.29 is 4.79 Å². The molecule has 0 saturated heterocycles. The molecule has 5 rings (SSSR count). The number of anilines is 4. The Morgan fingerprint density at radius 3 is 2.72 bits per heavy atom. The third kappa shape index (κ3) is 5.53. The maximum Gasteiger partial charge on any atom is 0.253 e. The van der Waals surface area contributed by atoms with Gasteiger partial charge in [0, 0.05) is 51.0 Å². The molecule has 0 fully saturated rings. The number of benzene rings is 2. The maximum absolute atomic E-state index is 12.2. The van der Waals surface area contributed by atoms with Crippen LogP contribution in [-0.2, 0) is 19.5 Å². The van der Waals surface area contributed by atoms with Crippen LogP contribution in [0.1, 0.15) is 27.0 Å². The number of hydrogen-bond donors (Lipinski definition) is 3. The third-order valence-electron chi connectivity index (χ3n) is 6.11. The lowest BCUT2D eigenvalue weighted by atomic mass is 9.98. The number of hydrogen-bond acceptors (Lipinski definition) is 7. The smallest absolute Gasteiger partial charge is 0.253 e. The quantitative estimate of drug-likeness (QED) is 0.300. The SMILES string of the molecule is CNC(=O)c1ccccc1Nc1nc(Nc2ccc3c(c2)CN(Cc2ccncc2)CC3)ncc1Br. The summed E-state index contributed by atoms with van der Waals surface area (Å²) in [7, 11) is 1.61. The minimum Gasteiger partial charge on any atom is -0.355 e. The van der Waals surface area contributed by atoms with Crippen molar-refractivity contribution in [2.75, 3.05) is 24.2 Å². The van der Waals surface area contributed by atoms with E-state index in [1.165, 1.54) is 16.7 Å². The fraction of sp³-hybridized carbons (Fsp3) is 0.185. The van der Waals surface area contributed by atoms with Gasteiger partial charge in [0.2, 0.25) is 5.95 Å². The molecule has 1 amide bonds. The van der Waals surface area contributed by atoms with Crippen LogP contribution in [0.3, 0.4) is 0 Å². The molecule has 182 valence electrons. The van der Waals surface area contributed by atoms with Gasteiger partial charge in [0.25, 0.3) is 5.91 Å². The molecule has 2 aromatic carbocycles. The molecule has 1 aliphatic rings. The molecule has 0 unspecified atom stereocenters. The molecule has 0 saturated carbocycles. The van der Waals surface area contributed by atoms with Gasteiger partial charge in [-0.1, -0.05) is 18.2 Å². The zero-order valence-corrected chi connectivity index (χ0v) is 21.4. The number of aromatic nitrogens is 3. The van der Waals surface area contributed by atoms with Crippen molar-refractivity contribution in [3.8, 4) is 0 Å². The number of nitrogens with one attached hydrogen (secondary N) is 3. The summed E-state index contributed by atoms with van der Waals surface area (Å²) in [5, 5.41) is 9.25. The van der Waals surface area contributed by atoms with E-state index < -0.39 is 0 Å². The third-order valence-corrected chi connectivity index (χ3v) is 6.69. The van der Waals surface area contributed by atoms with Crippen molar-refractivity contribution in [3.05, 3.63) is 99.9 Å². The van der Waals surface area contributed by atoms with Crippen LogP contribution in [0, 0.1) is 0 Å². The predicted molar refractivity (Wildman–Crippen MR) is 145 cm³/mol. The predicted octanol–water partition coefficient (Wildman–Crippen LogP) is 5.04. The number of nitrogens with zero attached hydrogens (tertiary/aromatic N) is 4. The van der Waals surface area contributed by atoms with Crippen LogP contribution < -0.4 is 16.0 Å². The highest BCUT2D eigenvalue weighted by Gasteiger charge is 2.17. The van der Waals surface area contributed by atoms with Crippen molar-refractivity contribution in [2.24, 2.45) is 0 Å². The van der Waals surface area contributed by atoms with Gasteiger partial charge in [-0.3, -0.25) is 14.7 Å². The number of pyridine rings is 1. The summed E-state index contributed by atoms with van der Waals surface area (Å²) in [5.41, 5.74) is 6.06. The average Bonchev–Trinajstić information content (AvgIpc) is 2.91. The van der Waals surface area contributed by atoms with Crippen LogP contribution in [-0.4, -0.2) is 39.4 Å². The van der Waals surface area contributed by atoms with E-state index in [1.54, 1.807) is 19.3 Å². The minimum absolute atomic E-state index is 0.173. The number of carbonyl (C=O) groups is 1. The first-order valence-electron chi connectivity index (χ1n) is 11.7. The van der Waals surface area contributed by atoms with E-state index in [0.717, 1.165) is 31.7 Å². The highest BCUT2D eigenvalue weighted by Crippen LogP contribution is 2.29. The van der Waals surface area contributed by atoms with E-state index in [-0.39, 0.29) is 5.91 Å². The highest BCUT2D eigenvalue weighted by molar-refractivity contribution is 9.10. The van der Waals surface area contributed by atoms with Gasteiger partial charge in [-0.05, 0) is 75.4 Å². The molecule has 3 N–H and O–H groups in total. The second-order valence-electron chi connectivity index (χ2n) is 8.56. The van der Waals surface area contributed by atoms with Gasteiger partial charge < -0.3 is 16.0 Å². The Morgan fingerprint density at radius 2 is 1.89 bits per heavy atom. The number of para-hydroxylation sites is 1. The van der Waals surface area contributed by atoms with Crippen molar-refractivity contribution >= 4 is 45.0 Å². The van der Waals surface area contributed by atoms with E-state index in [9.17, 15) is 4.79 Å². The van der Waals surface area contributed by atoms with Gasteiger partial charge in [-0.25, -0.2) is 4.98 Å². The molecule has 1 aliphatic heterocycles. The second kappa shape index (κ2) is 10.8. The number of halogens is 1. The summed E-state index contributed by atoms with van der Waals surface area (Å²) in [5.74, 6) is 0.849. The van der Waals surface area contributed by atoms with Crippen LogP contribution in [0.5, 0.6) is 0 Å². The Kier molecular flexibility index (Phi) is 7.20. The number of rotatable bonds is 7. The van der Waals surface area contributed by atoms with Crippen molar-refractivity contribution in [1.82, 2.24) is 25.2 Å². The lowest BCUT2D eigenvalue weighted by molar-refractivity contribution is 0.0964. The monoisotopic (exact) mass is 543 g/mol. The summed E-state index contributed by atoms with van der Waals surface area (Å²) in [6.45, 7) is 2.82. The molecule has 0 bridgehead atoms. The molecule has 9 heteroatoms. The Labute approximate surface area is 218 Å². The summed E-state index contributed by atoms with van der Waals surface area (Å²) < 4.78 is 0.692. The molecule has 0 radical (unpaired) electrons. The summed E-state index contributed by atoms with van der Waals surface area (Å²) in [4.78, 5) is 27.9. The Hall–Kier alpha value is -3.82. The molecular formula is C27H26BrN7O. The summed E-state index contributed by atoms with van der Waals surface area (Å²) in [6, 6.07) is 17.9. The van der Waals surface area contributed by atoms with Gasteiger partial charge in [0.05, 0.1) is 15.7 Å². The molecule has 2 aromatic heterocycles. The average molecular weight is 544 g/mol. The minimum atomic E-state index is -0.173. The van der Waals surface area contributed by atoms with Gasteiger partial charge >= 0.3 is 0 Å².